The second-order valence-electron chi connectivity index (χ2n) is 2.39. The first kappa shape index (κ1) is 11.1. The van der Waals surface area contributed by atoms with Crippen LogP contribution in [0.25, 0.3) is 0 Å². The lowest BCUT2D eigenvalue weighted by Gasteiger charge is -1.98. The second-order valence-corrected chi connectivity index (χ2v) is 3.49. The van der Waals surface area contributed by atoms with Gasteiger partial charge in [0.2, 0.25) is 5.76 Å². The molecule has 0 radical (unpaired) electrons. The van der Waals surface area contributed by atoms with E-state index in [2.05, 4.69) is 9.99 Å². The van der Waals surface area contributed by atoms with E-state index in [4.69, 9.17) is 27.6 Å². The van der Waals surface area contributed by atoms with Crippen molar-refractivity contribution in [1.82, 2.24) is 0 Å². The molecule has 0 fully saturated rings. The van der Waals surface area contributed by atoms with Crippen LogP contribution in [-0.4, -0.2) is 16.5 Å². The third-order valence-corrected chi connectivity index (χ3v) is 1.94. The van der Waals surface area contributed by atoms with Gasteiger partial charge in [-0.2, -0.15) is 0 Å². The van der Waals surface area contributed by atoms with Crippen LogP contribution in [0.1, 0.15) is 17.5 Å². The van der Waals surface area contributed by atoms with E-state index in [9.17, 15) is 4.79 Å². The van der Waals surface area contributed by atoms with Crippen molar-refractivity contribution in [1.29, 1.82) is 0 Å². The molecule has 1 aromatic rings. The molecule has 0 unspecified atom stereocenters. The second kappa shape index (κ2) is 5.02. The molecule has 0 atom stereocenters. The molecule has 0 saturated carbocycles. The van der Waals surface area contributed by atoms with Crippen LogP contribution < -0.4 is 0 Å². The van der Waals surface area contributed by atoms with Crippen LogP contribution in [0.2, 0.25) is 0 Å². The van der Waals surface area contributed by atoms with Crippen LogP contribution in [0.4, 0.5) is 0 Å². The number of halogens is 2. The number of hydrogen-bond donors (Lipinski definition) is 0. The molecule has 1 rings (SSSR count). The van der Waals surface area contributed by atoms with Crippen LogP contribution in [0.5, 0.6) is 0 Å². The number of alkyl halides is 2. The standard InChI is InChI=1S/C8H7Cl2NO3/c1-5(7(9)10)11-14-8(12)6-3-2-4-13-6/h2-4,7H,1H3. The average molecular weight is 236 g/mol. The monoisotopic (exact) mass is 235 g/mol. The van der Waals surface area contributed by atoms with Crippen molar-refractivity contribution < 1.29 is 14.0 Å². The Balaban J connectivity index is 2.55. The van der Waals surface area contributed by atoms with Crippen LogP contribution in [0.15, 0.2) is 28.0 Å². The van der Waals surface area contributed by atoms with Crippen molar-refractivity contribution in [3.63, 3.8) is 0 Å². The van der Waals surface area contributed by atoms with E-state index in [-0.39, 0.29) is 5.76 Å². The van der Waals surface area contributed by atoms with Gasteiger partial charge >= 0.3 is 5.97 Å². The highest BCUT2D eigenvalue weighted by molar-refractivity contribution is 6.54. The third kappa shape index (κ3) is 3.05. The van der Waals surface area contributed by atoms with Gasteiger partial charge in [0.05, 0.1) is 12.0 Å². The molecule has 0 amide bonds. The van der Waals surface area contributed by atoms with E-state index < -0.39 is 10.8 Å². The quantitative estimate of drug-likeness (QED) is 0.350. The Morgan fingerprint density at radius 3 is 2.86 bits per heavy atom. The highest BCUT2D eigenvalue weighted by Gasteiger charge is 2.11. The molecule has 0 aromatic carbocycles. The van der Waals surface area contributed by atoms with Gasteiger partial charge in [-0.3, -0.25) is 0 Å². The van der Waals surface area contributed by atoms with Crippen LogP contribution in [0, 0.1) is 0 Å². The minimum absolute atomic E-state index is 0.0715. The number of furan rings is 1. The Labute approximate surface area is 90.4 Å². The zero-order valence-electron chi connectivity index (χ0n) is 7.24. The first-order valence-electron chi connectivity index (χ1n) is 3.68. The van der Waals surface area contributed by atoms with Gasteiger partial charge in [-0.1, -0.05) is 28.4 Å². The minimum atomic E-state index is -0.792. The van der Waals surface area contributed by atoms with Crippen LogP contribution in [-0.2, 0) is 4.84 Å². The lowest BCUT2D eigenvalue weighted by Crippen LogP contribution is -2.06. The maximum absolute atomic E-state index is 11.1. The summed E-state index contributed by atoms with van der Waals surface area (Å²) >= 11 is 10.9. The predicted octanol–water partition coefficient (Wildman–Crippen LogP) is 2.62. The zero-order valence-corrected chi connectivity index (χ0v) is 8.75. The summed E-state index contributed by atoms with van der Waals surface area (Å²) in [5.41, 5.74) is 0.299. The Bertz CT molecular complexity index is 332. The number of hydrogen-bond acceptors (Lipinski definition) is 4. The Morgan fingerprint density at radius 1 is 1.64 bits per heavy atom. The van der Waals surface area contributed by atoms with Gasteiger partial charge in [0.15, 0.2) is 0 Å². The van der Waals surface area contributed by atoms with E-state index in [0.717, 1.165) is 0 Å². The number of nitrogens with zero attached hydrogens (tertiary/aromatic N) is 1. The molecule has 0 aliphatic rings. The first-order valence-corrected chi connectivity index (χ1v) is 4.56. The first-order chi connectivity index (χ1) is 6.61. The Kier molecular flexibility index (Phi) is 3.98. The summed E-state index contributed by atoms with van der Waals surface area (Å²) in [5.74, 6) is -0.620. The molecule has 6 heteroatoms. The highest BCUT2D eigenvalue weighted by atomic mass is 35.5. The van der Waals surface area contributed by atoms with E-state index in [1.165, 1.54) is 12.3 Å². The van der Waals surface area contributed by atoms with E-state index in [0.29, 0.717) is 5.71 Å². The van der Waals surface area contributed by atoms with Crippen LogP contribution in [0.3, 0.4) is 0 Å². The third-order valence-electron chi connectivity index (χ3n) is 1.31. The lowest BCUT2D eigenvalue weighted by molar-refractivity contribution is 0.0479. The Hall–Kier alpha value is -1.000. The largest absolute Gasteiger partial charge is 0.457 e. The molecule has 4 nitrogen and oxygen atoms in total. The number of oxime groups is 1. The van der Waals surface area contributed by atoms with E-state index in [1.807, 2.05) is 0 Å². The summed E-state index contributed by atoms with van der Waals surface area (Å²) in [5, 5.41) is 3.42. The van der Waals surface area contributed by atoms with Gasteiger partial charge in [0, 0.05) is 0 Å². The molecule has 14 heavy (non-hydrogen) atoms. The summed E-state index contributed by atoms with van der Waals surface area (Å²) in [4.78, 5) is 14.8. The van der Waals surface area contributed by atoms with Crippen molar-refractivity contribution in [2.24, 2.45) is 5.16 Å². The summed E-state index contributed by atoms with van der Waals surface area (Å²) in [6.07, 6.45) is 1.36. The predicted molar refractivity (Wildman–Crippen MR) is 52.7 cm³/mol. The maximum atomic E-state index is 11.1. The number of carbonyl (C=O) groups excluding carboxylic acids is 1. The zero-order chi connectivity index (χ0) is 10.6. The molecule has 0 bridgehead atoms. The molecule has 0 N–H and O–H groups in total. The normalized spacial score (nSPS) is 11.9. The van der Waals surface area contributed by atoms with Gasteiger partial charge in [0.25, 0.3) is 0 Å². The maximum Gasteiger partial charge on any atom is 0.400 e. The molecule has 1 aromatic heterocycles. The van der Waals surface area contributed by atoms with E-state index in [1.54, 1.807) is 13.0 Å². The molecule has 1 heterocycles. The molecule has 0 aliphatic heterocycles. The van der Waals surface area contributed by atoms with Gasteiger partial charge in [0.1, 0.15) is 4.84 Å². The van der Waals surface area contributed by atoms with Gasteiger partial charge in [-0.05, 0) is 19.1 Å². The molecule has 0 spiro atoms. The van der Waals surface area contributed by atoms with Crippen molar-refractivity contribution in [3.05, 3.63) is 24.2 Å². The van der Waals surface area contributed by atoms with Crippen molar-refractivity contribution in [3.8, 4) is 0 Å². The topological polar surface area (TPSA) is 51.8 Å². The summed E-state index contributed by atoms with van der Waals surface area (Å²) in [6, 6.07) is 3.03. The van der Waals surface area contributed by atoms with Crippen LogP contribution >= 0.6 is 23.2 Å². The van der Waals surface area contributed by atoms with Gasteiger partial charge in [-0.15, -0.1) is 0 Å². The van der Waals surface area contributed by atoms with Gasteiger partial charge in [-0.25, -0.2) is 4.79 Å². The molecular weight excluding hydrogens is 229 g/mol. The fourth-order valence-corrected chi connectivity index (χ4v) is 0.673. The van der Waals surface area contributed by atoms with Crippen molar-refractivity contribution >= 4 is 34.9 Å². The number of rotatable bonds is 3. The number of carbonyl (C=O) groups is 1. The lowest BCUT2D eigenvalue weighted by atomic mass is 10.5. The fourth-order valence-electron chi connectivity index (χ4n) is 0.593. The minimum Gasteiger partial charge on any atom is -0.457 e. The molecule has 0 saturated heterocycles. The van der Waals surface area contributed by atoms with Crippen molar-refractivity contribution in [2.75, 3.05) is 0 Å². The fraction of sp³-hybridized carbons (Fsp3) is 0.250. The smallest absolute Gasteiger partial charge is 0.400 e. The summed E-state index contributed by atoms with van der Waals surface area (Å²) in [6.45, 7) is 1.54. The SMILES string of the molecule is CC(=NOC(=O)c1ccco1)C(Cl)Cl. The average Bonchev–Trinajstić information content (AvgIpc) is 2.66. The van der Waals surface area contributed by atoms with Gasteiger partial charge < -0.3 is 9.25 Å². The Morgan fingerprint density at radius 2 is 2.36 bits per heavy atom. The molecule has 0 aliphatic carbocycles. The molecular formula is C8H7Cl2NO3. The highest BCUT2D eigenvalue weighted by Crippen LogP contribution is 2.06. The van der Waals surface area contributed by atoms with Crippen molar-refractivity contribution in [2.45, 2.75) is 11.8 Å². The van der Waals surface area contributed by atoms with E-state index >= 15 is 0 Å². The summed E-state index contributed by atoms with van der Waals surface area (Å²) < 4.78 is 4.78. The summed E-state index contributed by atoms with van der Waals surface area (Å²) in [7, 11) is 0. The molecule has 76 valence electrons.